The minimum atomic E-state index is -4.14. The van der Waals surface area contributed by atoms with Crippen LogP contribution in [-0.2, 0) is 19.6 Å². The van der Waals surface area contributed by atoms with Gasteiger partial charge < -0.3 is 14.7 Å². The Morgan fingerprint density at radius 3 is 2.21 bits per heavy atom. The number of nitrogens with zero attached hydrogens (tertiary/aromatic N) is 1. The number of amides is 1. The van der Waals surface area contributed by atoms with Crippen LogP contribution in [0.5, 0.6) is 5.75 Å². The van der Waals surface area contributed by atoms with E-state index in [-0.39, 0.29) is 33.2 Å². The number of nitrogens with one attached hydrogen (secondary N) is 1. The average Bonchev–Trinajstić information content (AvgIpc) is 2.45. The molecule has 1 rings (SSSR count). The third kappa shape index (κ3) is 5.23. The monoisotopic (exact) mass is 398 g/mol. The Kier molecular flexibility index (Phi) is 6.85. The van der Waals surface area contributed by atoms with Crippen LogP contribution in [0.3, 0.4) is 0 Å². The standard InChI is InChI=1S/C13H16Cl2N2O6S/c1-7(13(19)20)16-24(21,22)8-4-9(14)12(10(15)5-8)23-6-11(18)17(2)3/h4-5,7,16H,6H2,1-3H3,(H,19,20)/t7-/m0/s1. The smallest absolute Gasteiger partial charge is 0.321 e. The molecule has 2 N–H and O–H groups in total. The molecule has 0 aliphatic heterocycles. The zero-order valence-electron chi connectivity index (χ0n) is 13.0. The molecule has 0 saturated heterocycles. The Hall–Kier alpha value is -1.55. The highest BCUT2D eigenvalue weighted by molar-refractivity contribution is 7.89. The normalized spacial score (nSPS) is 12.5. The molecule has 0 unspecified atom stereocenters. The SMILES string of the molecule is C[C@H](NS(=O)(=O)c1cc(Cl)c(OCC(=O)N(C)C)c(Cl)c1)C(=O)O. The summed E-state index contributed by atoms with van der Waals surface area (Å²) in [6.45, 7) is 0.847. The van der Waals surface area contributed by atoms with Crippen molar-refractivity contribution in [1.82, 2.24) is 9.62 Å². The van der Waals surface area contributed by atoms with Gasteiger partial charge in [-0.15, -0.1) is 0 Å². The first-order chi connectivity index (χ1) is 11.0. The fourth-order valence-electron chi connectivity index (χ4n) is 1.44. The Balaban J connectivity index is 3.06. The maximum absolute atomic E-state index is 12.1. The number of carbonyl (C=O) groups is 2. The molecule has 0 aliphatic rings. The summed E-state index contributed by atoms with van der Waals surface area (Å²) in [4.78, 5) is 23.2. The van der Waals surface area contributed by atoms with E-state index in [1.165, 1.54) is 11.8 Å². The van der Waals surface area contributed by atoms with Crippen LogP contribution in [0.1, 0.15) is 6.92 Å². The van der Waals surface area contributed by atoms with Crippen LogP contribution in [0.4, 0.5) is 0 Å². The van der Waals surface area contributed by atoms with E-state index in [0.29, 0.717) is 0 Å². The van der Waals surface area contributed by atoms with Crippen LogP contribution in [-0.4, -0.2) is 57.0 Å². The predicted molar refractivity (Wildman–Crippen MR) is 88.1 cm³/mol. The van der Waals surface area contributed by atoms with Crippen LogP contribution in [0.15, 0.2) is 17.0 Å². The zero-order chi connectivity index (χ0) is 18.7. The van der Waals surface area contributed by atoms with Gasteiger partial charge >= 0.3 is 5.97 Å². The molecule has 24 heavy (non-hydrogen) atoms. The molecule has 0 radical (unpaired) electrons. The third-order valence-electron chi connectivity index (χ3n) is 2.82. The summed E-state index contributed by atoms with van der Waals surface area (Å²) in [6.07, 6.45) is 0. The van der Waals surface area contributed by atoms with Gasteiger partial charge in [0.1, 0.15) is 6.04 Å². The lowest BCUT2D eigenvalue weighted by atomic mass is 10.3. The van der Waals surface area contributed by atoms with Crippen molar-refractivity contribution in [2.75, 3.05) is 20.7 Å². The molecule has 8 nitrogen and oxygen atoms in total. The van der Waals surface area contributed by atoms with Crippen LogP contribution in [0.2, 0.25) is 10.0 Å². The van der Waals surface area contributed by atoms with Crippen LogP contribution in [0.25, 0.3) is 0 Å². The lowest BCUT2D eigenvalue weighted by Gasteiger charge is -2.15. The second-order valence-electron chi connectivity index (χ2n) is 4.97. The first-order valence-electron chi connectivity index (χ1n) is 6.53. The first kappa shape index (κ1) is 20.5. The molecule has 0 saturated carbocycles. The number of sulfonamides is 1. The number of carboxylic acids is 1. The van der Waals surface area contributed by atoms with Crippen molar-refractivity contribution in [1.29, 1.82) is 0 Å². The number of likely N-dealkylation sites (N-methyl/N-ethyl adjacent to an activating group) is 1. The number of benzene rings is 1. The molecule has 0 spiro atoms. The second kappa shape index (κ2) is 8.02. The molecule has 0 aliphatic carbocycles. The fourth-order valence-corrected chi connectivity index (χ4v) is 3.42. The first-order valence-corrected chi connectivity index (χ1v) is 8.76. The highest BCUT2D eigenvalue weighted by atomic mass is 35.5. The van der Waals surface area contributed by atoms with Gasteiger partial charge in [0.15, 0.2) is 12.4 Å². The number of hydrogen-bond donors (Lipinski definition) is 2. The number of carboxylic acid groups (broad SMARTS) is 1. The van der Waals surface area contributed by atoms with Crippen molar-refractivity contribution in [3.05, 3.63) is 22.2 Å². The molecular formula is C13H16Cl2N2O6S. The summed E-state index contributed by atoms with van der Waals surface area (Å²) in [5.41, 5.74) is 0. The highest BCUT2D eigenvalue weighted by Gasteiger charge is 2.24. The fraction of sp³-hybridized carbons (Fsp3) is 0.385. The Bertz CT molecular complexity index is 728. The quantitative estimate of drug-likeness (QED) is 0.713. The Morgan fingerprint density at radius 2 is 1.79 bits per heavy atom. The van der Waals surface area contributed by atoms with E-state index in [0.717, 1.165) is 12.1 Å². The zero-order valence-corrected chi connectivity index (χ0v) is 15.4. The van der Waals surface area contributed by atoms with E-state index in [2.05, 4.69) is 0 Å². The van der Waals surface area contributed by atoms with Crippen LogP contribution < -0.4 is 9.46 Å². The molecule has 1 atom stereocenters. The largest absolute Gasteiger partial charge is 0.481 e. The van der Waals surface area contributed by atoms with E-state index in [4.69, 9.17) is 33.0 Å². The summed E-state index contributed by atoms with van der Waals surface area (Å²) < 4.78 is 31.4. The van der Waals surface area contributed by atoms with Gasteiger partial charge in [-0.3, -0.25) is 9.59 Å². The van der Waals surface area contributed by atoms with Gasteiger partial charge in [0, 0.05) is 14.1 Å². The molecule has 0 fully saturated rings. The van der Waals surface area contributed by atoms with Gasteiger partial charge in [0.25, 0.3) is 5.91 Å². The molecule has 134 valence electrons. The second-order valence-corrected chi connectivity index (χ2v) is 7.50. The van der Waals surface area contributed by atoms with Gasteiger partial charge in [0.2, 0.25) is 10.0 Å². The number of ether oxygens (including phenoxy) is 1. The van der Waals surface area contributed by atoms with E-state index >= 15 is 0 Å². The lowest BCUT2D eigenvalue weighted by molar-refractivity contribution is -0.138. The molecule has 0 bridgehead atoms. The molecule has 1 amide bonds. The van der Waals surface area contributed by atoms with E-state index in [9.17, 15) is 18.0 Å². The van der Waals surface area contributed by atoms with Crippen molar-refractivity contribution in [3.8, 4) is 5.75 Å². The van der Waals surface area contributed by atoms with Crippen LogP contribution >= 0.6 is 23.2 Å². The average molecular weight is 399 g/mol. The molecular weight excluding hydrogens is 383 g/mol. The van der Waals surface area contributed by atoms with Gasteiger partial charge in [0.05, 0.1) is 14.9 Å². The van der Waals surface area contributed by atoms with Crippen molar-refractivity contribution >= 4 is 45.1 Å². The van der Waals surface area contributed by atoms with E-state index < -0.39 is 22.0 Å². The molecule has 11 heteroatoms. The van der Waals surface area contributed by atoms with E-state index in [1.54, 1.807) is 14.1 Å². The van der Waals surface area contributed by atoms with Crippen LogP contribution in [0, 0.1) is 0 Å². The number of aliphatic carboxylic acids is 1. The van der Waals surface area contributed by atoms with Crippen molar-refractivity contribution in [2.24, 2.45) is 0 Å². The van der Waals surface area contributed by atoms with Crippen molar-refractivity contribution in [2.45, 2.75) is 17.9 Å². The summed E-state index contributed by atoms with van der Waals surface area (Å²) in [5.74, 6) is -1.72. The minimum Gasteiger partial charge on any atom is -0.481 e. The van der Waals surface area contributed by atoms with Gasteiger partial charge in [-0.1, -0.05) is 23.2 Å². The van der Waals surface area contributed by atoms with Gasteiger partial charge in [-0.25, -0.2) is 8.42 Å². The number of carbonyl (C=O) groups excluding carboxylic acids is 1. The minimum absolute atomic E-state index is 0.0428. The predicted octanol–water partition coefficient (Wildman–Crippen LogP) is 1.21. The number of halogens is 2. The maximum atomic E-state index is 12.1. The van der Waals surface area contributed by atoms with Crippen molar-refractivity contribution < 1.29 is 27.9 Å². The molecule has 0 aromatic heterocycles. The number of hydrogen-bond acceptors (Lipinski definition) is 5. The topological polar surface area (TPSA) is 113 Å². The van der Waals surface area contributed by atoms with E-state index in [1.807, 2.05) is 4.72 Å². The Morgan fingerprint density at radius 1 is 1.29 bits per heavy atom. The number of rotatable bonds is 7. The van der Waals surface area contributed by atoms with Gasteiger partial charge in [-0.05, 0) is 19.1 Å². The summed E-state index contributed by atoms with van der Waals surface area (Å²) in [7, 11) is -1.06. The summed E-state index contributed by atoms with van der Waals surface area (Å²) in [6, 6.07) is 0.779. The molecule has 1 aromatic rings. The lowest BCUT2D eigenvalue weighted by Crippen LogP contribution is -2.38. The highest BCUT2D eigenvalue weighted by Crippen LogP contribution is 2.35. The molecule has 1 aromatic carbocycles. The van der Waals surface area contributed by atoms with Gasteiger partial charge in [-0.2, -0.15) is 4.72 Å². The Labute approximate surface area is 149 Å². The third-order valence-corrected chi connectivity index (χ3v) is 4.90. The summed E-state index contributed by atoms with van der Waals surface area (Å²) in [5, 5.41) is 8.52. The van der Waals surface area contributed by atoms with Crippen molar-refractivity contribution in [3.63, 3.8) is 0 Å². The maximum Gasteiger partial charge on any atom is 0.321 e. The molecule has 0 heterocycles. The summed E-state index contributed by atoms with van der Waals surface area (Å²) >= 11 is 11.9.